The largest absolute Gasteiger partial charge is 0.0622 e. The fourth-order valence-electron chi connectivity index (χ4n) is 6.58. The van der Waals surface area contributed by atoms with Crippen molar-refractivity contribution in [2.45, 2.75) is 0 Å². The quantitative estimate of drug-likeness (QED) is 0.146. The lowest BCUT2D eigenvalue weighted by Gasteiger charge is -2.18. The van der Waals surface area contributed by atoms with E-state index in [2.05, 4.69) is 182 Å². The van der Waals surface area contributed by atoms with Gasteiger partial charge in [0.15, 0.2) is 0 Å². The molecule has 8 rings (SSSR count). The van der Waals surface area contributed by atoms with Crippen LogP contribution in [0.5, 0.6) is 0 Å². The summed E-state index contributed by atoms with van der Waals surface area (Å²) < 4.78 is 0. The lowest BCUT2D eigenvalue weighted by atomic mass is 9.85. The number of fused-ring (bicyclic) bond motifs is 3. The van der Waals surface area contributed by atoms with Crippen molar-refractivity contribution in [3.05, 3.63) is 193 Å². The first-order chi connectivity index (χ1) is 21.8. The molecule has 0 saturated heterocycles. The van der Waals surface area contributed by atoms with Crippen molar-refractivity contribution < 1.29 is 0 Å². The summed E-state index contributed by atoms with van der Waals surface area (Å²) in [5.41, 5.74) is 9.86. The number of benzene rings is 8. The Bertz CT molecular complexity index is 2190. The first kappa shape index (κ1) is 25.9. The monoisotopic (exact) mass is 558 g/mol. The topological polar surface area (TPSA) is 0 Å². The molecule has 0 atom stereocenters. The van der Waals surface area contributed by atoms with Gasteiger partial charge in [0, 0.05) is 0 Å². The minimum Gasteiger partial charge on any atom is -0.0622 e. The van der Waals surface area contributed by atoms with Crippen LogP contribution in [-0.2, 0) is 0 Å². The molecule has 0 N–H and O–H groups in total. The molecule has 0 aromatic heterocycles. The standard InChI is InChI=1S/C44H30/c1-3-14-33(15-4-1)42(34-16-5-2-6-17-34)29-31-23-25-35(26-24-31)43-38-19-9-11-21-40(38)44(41-22-12-10-20-39(41)43)37-28-27-32-13-7-8-18-36(32)30-37/h1-30H. The molecule has 8 aromatic rings. The Morgan fingerprint density at radius 1 is 0.341 bits per heavy atom. The maximum atomic E-state index is 2.33. The summed E-state index contributed by atoms with van der Waals surface area (Å²) in [4.78, 5) is 0. The van der Waals surface area contributed by atoms with E-state index in [1.165, 1.54) is 76.8 Å². The van der Waals surface area contributed by atoms with E-state index in [4.69, 9.17) is 0 Å². The van der Waals surface area contributed by atoms with Crippen molar-refractivity contribution in [1.29, 1.82) is 0 Å². The molecule has 0 spiro atoms. The van der Waals surface area contributed by atoms with Crippen molar-refractivity contribution in [1.82, 2.24) is 0 Å². The van der Waals surface area contributed by atoms with Crippen LogP contribution >= 0.6 is 0 Å². The Morgan fingerprint density at radius 2 is 0.773 bits per heavy atom. The van der Waals surface area contributed by atoms with Gasteiger partial charge in [-0.3, -0.25) is 0 Å². The second kappa shape index (κ2) is 11.2. The van der Waals surface area contributed by atoms with Crippen molar-refractivity contribution in [2.24, 2.45) is 0 Å². The average Bonchev–Trinajstić information content (AvgIpc) is 3.10. The molecule has 0 aliphatic rings. The van der Waals surface area contributed by atoms with E-state index in [1.807, 2.05) is 0 Å². The van der Waals surface area contributed by atoms with E-state index >= 15 is 0 Å². The molecule has 44 heavy (non-hydrogen) atoms. The number of hydrogen-bond donors (Lipinski definition) is 0. The van der Waals surface area contributed by atoms with Gasteiger partial charge < -0.3 is 0 Å². The van der Waals surface area contributed by atoms with Crippen LogP contribution in [0.25, 0.3) is 66.2 Å². The molecule has 0 nitrogen and oxygen atoms in total. The van der Waals surface area contributed by atoms with Crippen molar-refractivity contribution in [2.75, 3.05) is 0 Å². The van der Waals surface area contributed by atoms with Gasteiger partial charge in [-0.1, -0.05) is 170 Å². The van der Waals surface area contributed by atoms with E-state index in [-0.39, 0.29) is 0 Å². The highest BCUT2D eigenvalue weighted by atomic mass is 14.2. The average molecular weight is 559 g/mol. The van der Waals surface area contributed by atoms with Crippen molar-refractivity contribution in [3.63, 3.8) is 0 Å². The minimum absolute atomic E-state index is 1.18. The van der Waals surface area contributed by atoms with Gasteiger partial charge in [-0.05, 0) is 89.0 Å². The third-order valence-electron chi connectivity index (χ3n) is 8.65. The Kier molecular flexibility index (Phi) is 6.59. The van der Waals surface area contributed by atoms with E-state index in [0.717, 1.165) is 0 Å². The van der Waals surface area contributed by atoms with Crippen LogP contribution in [0.2, 0.25) is 0 Å². The summed E-state index contributed by atoms with van der Waals surface area (Å²) in [5.74, 6) is 0. The highest BCUT2D eigenvalue weighted by Gasteiger charge is 2.16. The zero-order valence-electron chi connectivity index (χ0n) is 24.3. The second-order valence-corrected chi connectivity index (χ2v) is 11.3. The molecule has 0 unspecified atom stereocenters. The summed E-state index contributed by atoms with van der Waals surface area (Å²) in [5, 5.41) is 7.61. The summed E-state index contributed by atoms with van der Waals surface area (Å²) in [6.45, 7) is 0. The van der Waals surface area contributed by atoms with Crippen LogP contribution in [-0.4, -0.2) is 0 Å². The lowest BCUT2D eigenvalue weighted by Crippen LogP contribution is -1.91. The number of hydrogen-bond acceptors (Lipinski definition) is 0. The predicted molar refractivity (Wildman–Crippen MR) is 190 cm³/mol. The Balaban J connectivity index is 1.30. The molecule has 0 aliphatic heterocycles. The molecule has 0 heterocycles. The first-order valence-electron chi connectivity index (χ1n) is 15.2. The van der Waals surface area contributed by atoms with Crippen molar-refractivity contribution in [3.8, 4) is 22.3 Å². The van der Waals surface area contributed by atoms with Gasteiger partial charge in [0.05, 0.1) is 0 Å². The van der Waals surface area contributed by atoms with Gasteiger partial charge in [-0.25, -0.2) is 0 Å². The predicted octanol–water partition coefficient (Wildman–Crippen LogP) is 12.1. The fraction of sp³-hybridized carbons (Fsp3) is 0. The van der Waals surface area contributed by atoms with E-state index in [0.29, 0.717) is 0 Å². The molecular weight excluding hydrogens is 528 g/mol. The zero-order chi connectivity index (χ0) is 29.3. The molecule has 8 aromatic carbocycles. The van der Waals surface area contributed by atoms with Crippen LogP contribution in [0.15, 0.2) is 176 Å². The summed E-state index contributed by atoms with van der Waals surface area (Å²) >= 11 is 0. The third kappa shape index (κ3) is 4.68. The highest BCUT2D eigenvalue weighted by molar-refractivity contribution is 6.21. The Labute approximate surface area is 258 Å². The SMILES string of the molecule is C(=C(c1ccccc1)c1ccccc1)c1ccc(-c2c3ccccc3c(-c3ccc4ccccc4c3)c3ccccc23)cc1. The van der Waals surface area contributed by atoms with Crippen LogP contribution in [0.3, 0.4) is 0 Å². The fourth-order valence-corrected chi connectivity index (χ4v) is 6.58. The molecule has 0 radical (unpaired) electrons. The second-order valence-electron chi connectivity index (χ2n) is 11.3. The summed E-state index contributed by atoms with van der Waals surface area (Å²) in [6.07, 6.45) is 2.30. The maximum Gasteiger partial charge on any atom is -0.00262 e. The molecule has 0 heteroatoms. The Hall–Kier alpha value is -5.72. The number of rotatable bonds is 5. The molecule has 0 fully saturated rings. The lowest BCUT2D eigenvalue weighted by molar-refractivity contribution is 1.55. The molecule has 206 valence electrons. The van der Waals surface area contributed by atoms with E-state index in [9.17, 15) is 0 Å². The van der Waals surface area contributed by atoms with E-state index in [1.54, 1.807) is 0 Å². The zero-order valence-corrected chi connectivity index (χ0v) is 24.3. The molecule has 0 amide bonds. The highest BCUT2D eigenvalue weighted by Crippen LogP contribution is 2.44. The van der Waals surface area contributed by atoms with Crippen molar-refractivity contribution >= 4 is 44.0 Å². The van der Waals surface area contributed by atoms with Gasteiger partial charge >= 0.3 is 0 Å². The Morgan fingerprint density at radius 3 is 1.32 bits per heavy atom. The molecule has 0 bridgehead atoms. The van der Waals surface area contributed by atoms with Gasteiger partial charge in [-0.2, -0.15) is 0 Å². The van der Waals surface area contributed by atoms with Crippen LogP contribution in [0.4, 0.5) is 0 Å². The normalized spacial score (nSPS) is 11.2. The van der Waals surface area contributed by atoms with Gasteiger partial charge in [0.1, 0.15) is 0 Å². The van der Waals surface area contributed by atoms with Gasteiger partial charge in [-0.15, -0.1) is 0 Å². The molecule has 0 aliphatic carbocycles. The smallest absolute Gasteiger partial charge is 0.00262 e. The summed E-state index contributed by atoms with van der Waals surface area (Å²) in [6, 6.07) is 63.6. The minimum atomic E-state index is 1.18. The van der Waals surface area contributed by atoms with E-state index < -0.39 is 0 Å². The molecular formula is C44H30. The van der Waals surface area contributed by atoms with Crippen LogP contribution < -0.4 is 0 Å². The van der Waals surface area contributed by atoms with Crippen LogP contribution in [0, 0.1) is 0 Å². The van der Waals surface area contributed by atoms with Crippen LogP contribution in [0.1, 0.15) is 16.7 Å². The van der Waals surface area contributed by atoms with Gasteiger partial charge in [0.25, 0.3) is 0 Å². The maximum absolute atomic E-state index is 2.33. The third-order valence-corrected chi connectivity index (χ3v) is 8.65. The van der Waals surface area contributed by atoms with Gasteiger partial charge in [0.2, 0.25) is 0 Å². The molecule has 0 saturated carbocycles. The summed E-state index contributed by atoms with van der Waals surface area (Å²) in [7, 11) is 0. The first-order valence-corrected chi connectivity index (χ1v) is 15.2.